The number of benzene rings is 2. The second-order valence-electron chi connectivity index (χ2n) is 5.41. The van der Waals surface area contributed by atoms with Crippen LogP contribution >= 0.6 is 0 Å². The van der Waals surface area contributed by atoms with E-state index in [0.717, 1.165) is 12.1 Å². The van der Waals surface area contributed by atoms with Crippen LogP contribution in [0.3, 0.4) is 0 Å². The number of sulfonamides is 1. The molecule has 0 spiro atoms. The Bertz CT molecular complexity index is 972. The predicted octanol–water partition coefficient (Wildman–Crippen LogP) is 2.99. The molecule has 0 atom stereocenters. The van der Waals surface area contributed by atoms with Gasteiger partial charge in [0.1, 0.15) is 0 Å². The number of alkyl halides is 3. The average Bonchev–Trinajstić information content (AvgIpc) is 2.59. The first kappa shape index (κ1) is 20.5. The third-order valence-corrected chi connectivity index (χ3v) is 4.70. The van der Waals surface area contributed by atoms with Crippen LogP contribution in [0.15, 0.2) is 53.4 Å². The first-order valence-corrected chi connectivity index (χ1v) is 9.10. The Balaban J connectivity index is 1.98. The van der Waals surface area contributed by atoms with Crippen molar-refractivity contribution in [2.45, 2.75) is 18.0 Å². The fraction of sp³-hybridized carbons (Fsp3) is 0.167. The zero-order chi connectivity index (χ0) is 20.1. The minimum absolute atomic E-state index is 0.202. The third-order valence-electron chi connectivity index (χ3n) is 3.28. The molecule has 0 aliphatic carbocycles. The summed E-state index contributed by atoms with van der Waals surface area (Å²) in [6.07, 6.45) is -4.53. The Morgan fingerprint density at radius 1 is 1.04 bits per heavy atom. The summed E-state index contributed by atoms with van der Waals surface area (Å²) in [6, 6.07) is 9.80. The van der Waals surface area contributed by atoms with E-state index in [4.69, 9.17) is 0 Å². The normalized spacial score (nSPS) is 11.4. The fourth-order valence-electron chi connectivity index (χ4n) is 2.02. The van der Waals surface area contributed by atoms with E-state index in [9.17, 15) is 26.4 Å². The standard InChI is InChI=1S/C18H15F3N2O3S/c1-13(24)23-16-8-4-14(5-9-16)3-2-12-22-27(25,26)17-10-6-15(7-11-17)18(19,20)21/h4-11,22H,12H2,1H3,(H,23,24). The highest BCUT2D eigenvalue weighted by Gasteiger charge is 2.30. The van der Waals surface area contributed by atoms with Crippen LogP contribution in [0.4, 0.5) is 18.9 Å². The Hall–Kier alpha value is -2.83. The third kappa shape index (κ3) is 6.13. The molecule has 0 aliphatic heterocycles. The van der Waals surface area contributed by atoms with Gasteiger partial charge in [0, 0.05) is 18.2 Å². The molecule has 0 saturated carbocycles. The van der Waals surface area contributed by atoms with E-state index in [1.807, 2.05) is 0 Å². The molecule has 27 heavy (non-hydrogen) atoms. The Labute approximate surface area is 154 Å². The molecular weight excluding hydrogens is 381 g/mol. The molecule has 0 aromatic heterocycles. The smallest absolute Gasteiger partial charge is 0.326 e. The SMILES string of the molecule is CC(=O)Nc1ccc(C#CCNS(=O)(=O)c2ccc(C(F)(F)F)cc2)cc1. The van der Waals surface area contributed by atoms with Crippen LogP contribution in [0.2, 0.25) is 0 Å². The minimum atomic E-state index is -4.53. The number of hydrogen-bond acceptors (Lipinski definition) is 3. The molecule has 0 fully saturated rings. The Kier molecular flexibility index (Phi) is 6.25. The summed E-state index contributed by atoms with van der Waals surface area (Å²) in [6.45, 7) is 1.17. The van der Waals surface area contributed by atoms with Crippen molar-refractivity contribution in [3.63, 3.8) is 0 Å². The van der Waals surface area contributed by atoms with E-state index >= 15 is 0 Å². The summed E-state index contributed by atoms with van der Waals surface area (Å²) in [5, 5.41) is 2.60. The van der Waals surface area contributed by atoms with Gasteiger partial charge in [-0.25, -0.2) is 8.42 Å². The van der Waals surface area contributed by atoms with Gasteiger partial charge >= 0.3 is 6.18 Å². The number of anilines is 1. The topological polar surface area (TPSA) is 75.3 Å². The van der Waals surface area contributed by atoms with Crippen molar-refractivity contribution in [1.29, 1.82) is 0 Å². The maximum absolute atomic E-state index is 12.5. The second-order valence-corrected chi connectivity index (χ2v) is 7.17. The van der Waals surface area contributed by atoms with Gasteiger partial charge in [-0.3, -0.25) is 4.79 Å². The Morgan fingerprint density at radius 2 is 1.63 bits per heavy atom. The number of halogens is 3. The van der Waals surface area contributed by atoms with Crippen molar-refractivity contribution < 1.29 is 26.4 Å². The zero-order valence-corrected chi connectivity index (χ0v) is 14.9. The number of carbonyl (C=O) groups excluding carboxylic acids is 1. The first-order valence-electron chi connectivity index (χ1n) is 7.61. The summed E-state index contributed by atoms with van der Waals surface area (Å²) in [4.78, 5) is 10.6. The number of carbonyl (C=O) groups is 1. The van der Waals surface area contributed by atoms with Gasteiger partial charge < -0.3 is 5.32 Å². The molecular formula is C18H15F3N2O3S. The van der Waals surface area contributed by atoms with Crippen molar-refractivity contribution in [2.75, 3.05) is 11.9 Å². The summed E-state index contributed by atoms with van der Waals surface area (Å²) in [7, 11) is -3.96. The van der Waals surface area contributed by atoms with Gasteiger partial charge in [0.05, 0.1) is 17.0 Å². The lowest BCUT2D eigenvalue weighted by atomic mass is 10.2. The van der Waals surface area contributed by atoms with Crippen LogP contribution in [0.25, 0.3) is 0 Å². The van der Waals surface area contributed by atoms with Crippen molar-refractivity contribution in [3.8, 4) is 11.8 Å². The van der Waals surface area contributed by atoms with Gasteiger partial charge in [-0.2, -0.15) is 17.9 Å². The highest BCUT2D eigenvalue weighted by Crippen LogP contribution is 2.29. The fourth-order valence-corrected chi connectivity index (χ4v) is 2.95. The zero-order valence-electron chi connectivity index (χ0n) is 14.1. The maximum Gasteiger partial charge on any atom is 0.416 e. The summed E-state index contributed by atoms with van der Waals surface area (Å²) in [5.74, 6) is 5.15. The number of nitrogens with one attached hydrogen (secondary N) is 2. The van der Waals surface area contributed by atoms with Gasteiger partial charge in [-0.1, -0.05) is 11.8 Å². The van der Waals surface area contributed by atoms with Crippen LogP contribution in [0.1, 0.15) is 18.1 Å². The van der Waals surface area contributed by atoms with E-state index in [1.165, 1.54) is 6.92 Å². The molecule has 0 unspecified atom stereocenters. The molecule has 2 aromatic rings. The summed E-state index contributed by atoms with van der Waals surface area (Å²) < 4.78 is 63.8. The van der Waals surface area contributed by atoms with E-state index < -0.39 is 21.8 Å². The van der Waals surface area contributed by atoms with Crippen molar-refractivity contribution >= 4 is 21.6 Å². The molecule has 1 amide bonds. The van der Waals surface area contributed by atoms with Crippen molar-refractivity contribution in [3.05, 3.63) is 59.7 Å². The lowest BCUT2D eigenvalue weighted by molar-refractivity contribution is -0.137. The lowest BCUT2D eigenvalue weighted by Crippen LogP contribution is -2.24. The molecule has 0 heterocycles. The molecule has 2 aromatic carbocycles. The van der Waals surface area contributed by atoms with Gasteiger partial charge in [0.2, 0.25) is 15.9 Å². The predicted molar refractivity (Wildman–Crippen MR) is 94.3 cm³/mol. The maximum atomic E-state index is 12.5. The van der Waals surface area contributed by atoms with Crippen LogP contribution in [0, 0.1) is 11.8 Å². The molecule has 0 aliphatic rings. The molecule has 2 N–H and O–H groups in total. The van der Waals surface area contributed by atoms with Gasteiger partial charge in [0.15, 0.2) is 0 Å². The molecule has 0 radical (unpaired) electrons. The average molecular weight is 396 g/mol. The van der Waals surface area contributed by atoms with Crippen LogP contribution in [-0.4, -0.2) is 20.9 Å². The van der Waals surface area contributed by atoms with Gasteiger partial charge in [-0.05, 0) is 48.5 Å². The summed E-state index contributed by atoms with van der Waals surface area (Å²) in [5.41, 5.74) is 0.290. The van der Waals surface area contributed by atoms with Crippen molar-refractivity contribution in [2.24, 2.45) is 0 Å². The van der Waals surface area contributed by atoms with Gasteiger partial charge in [0.25, 0.3) is 0 Å². The summed E-state index contributed by atoms with van der Waals surface area (Å²) >= 11 is 0. The molecule has 0 bridgehead atoms. The second kappa shape index (κ2) is 8.24. The van der Waals surface area contributed by atoms with Crippen LogP contribution in [-0.2, 0) is 21.0 Å². The van der Waals surface area contributed by atoms with Crippen LogP contribution in [0.5, 0.6) is 0 Å². The first-order chi connectivity index (χ1) is 12.6. The van der Waals surface area contributed by atoms with Gasteiger partial charge in [-0.15, -0.1) is 0 Å². The minimum Gasteiger partial charge on any atom is -0.326 e. The van der Waals surface area contributed by atoms with E-state index in [2.05, 4.69) is 21.9 Å². The molecule has 0 saturated heterocycles. The highest BCUT2D eigenvalue weighted by molar-refractivity contribution is 7.89. The van der Waals surface area contributed by atoms with Crippen LogP contribution < -0.4 is 10.0 Å². The number of amides is 1. The number of hydrogen-bond donors (Lipinski definition) is 2. The van der Waals surface area contributed by atoms with E-state index in [1.54, 1.807) is 24.3 Å². The van der Waals surface area contributed by atoms with Crippen molar-refractivity contribution in [1.82, 2.24) is 4.72 Å². The molecule has 9 heteroatoms. The monoisotopic (exact) mass is 396 g/mol. The molecule has 142 valence electrons. The molecule has 2 rings (SSSR count). The van der Waals surface area contributed by atoms with E-state index in [0.29, 0.717) is 23.4 Å². The number of rotatable bonds is 4. The Morgan fingerprint density at radius 3 is 2.15 bits per heavy atom. The molecule has 5 nitrogen and oxygen atoms in total. The van der Waals surface area contributed by atoms with E-state index in [-0.39, 0.29) is 17.3 Å². The largest absolute Gasteiger partial charge is 0.416 e. The lowest BCUT2D eigenvalue weighted by Gasteiger charge is -2.08. The quantitative estimate of drug-likeness (QED) is 0.781. The highest BCUT2D eigenvalue weighted by atomic mass is 32.2.